The smallest absolute Gasteiger partial charge is 0.222 e. The summed E-state index contributed by atoms with van der Waals surface area (Å²) in [6.07, 6.45) is 2.44. The van der Waals surface area contributed by atoms with E-state index in [1.165, 1.54) is 5.56 Å². The lowest BCUT2D eigenvalue weighted by Gasteiger charge is -2.32. The van der Waals surface area contributed by atoms with Gasteiger partial charge in [0.1, 0.15) is 17.8 Å². The van der Waals surface area contributed by atoms with E-state index >= 15 is 0 Å². The third-order valence-corrected chi connectivity index (χ3v) is 5.98. The predicted octanol–water partition coefficient (Wildman–Crippen LogP) is 6.63. The first-order chi connectivity index (χ1) is 14.7. The van der Waals surface area contributed by atoms with Crippen LogP contribution in [0.15, 0.2) is 83.6 Å². The van der Waals surface area contributed by atoms with Crippen LogP contribution in [0.1, 0.15) is 29.6 Å². The Morgan fingerprint density at radius 2 is 1.77 bits per heavy atom. The van der Waals surface area contributed by atoms with Crippen molar-refractivity contribution in [2.75, 3.05) is 5.32 Å². The molecule has 5 rings (SSSR count). The number of aromatic nitrogens is 3. The second kappa shape index (κ2) is 8.13. The maximum Gasteiger partial charge on any atom is 0.222 e. The van der Waals surface area contributed by atoms with Gasteiger partial charge in [-0.1, -0.05) is 51.8 Å². The molecule has 150 valence electrons. The maximum atomic E-state index is 6.03. The zero-order valence-corrected chi connectivity index (χ0v) is 18.2. The molecule has 1 N–H and O–H groups in total. The van der Waals surface area contributed by atoms with E-state index in [2.05, 4.69) is 67.7 Å². The van der Waals surface area contributed by atoms with Gasteiger partial charge in [0.25, 0.3) is 0 Å². The summed E-state index contributed by atoms with van der Waals surface area (Å²) in [7, 11) is 0. The number of benzene rings is 3. The minimum atomic E-state index is 0.0474. The summed E-state index contributed by atoms with van der Waals surface area (Å²) in [5, 5.41) is 8.65. The minimum absolute atomic E-state index is 0.0474. The van der Waals surface area contributed by atoms with Crippen LogP contribution in [0.5, 0.6) is 11.5 Å². The molecular formula is C23H18BrClN4O. The zero-order chi connectivity index (χ0) is 20.5. The lowest BCUT2D eigenvalue weighted by Crippen LogP contribution is -2.28. The molecule has 4 aromatic rings. The summed E-state index contributed by atoms with van der Waals surface area (Å²) in [6, 6.07) is 24.1. The van der Waals surface area contributed by atoms with Gasteiger partial charge in [-0.05, 0) is 66.1 Å². The third-order valence-electron chi connectivity index (χ3n) is 5.20. The number of rotatable bonds is 4. The predicted molar refractivity (Wildman–Crippen MR) is 121 cm³/mol. The number of nitrogens with one attached hydrogen (secondary N) is 1. The molecule has 0 unspecified atom stereocenters. The standard InChI is InChI=1S/C23H18BrClN4O/c24-17-6-4-15(5-7-17)21-13-22(29-23(28-21)26-14-27-29)16-2-1-3-20(12-16)30-19-10-8-18(25)9-11-19/h1-12,14,21-22H,13H2,(H,26,27,28)/t21-,22-/m0/s1. The average Bonchev–Trinajstić information content (AvgIpc) is 3.24. The molecule has 7 heteroatoms. The number of ether oxygens (including phenoxy) is 1. The Kier molecular flexibility index (Phi) is 5.19. The molecule has 3 aromatic carbocycles. The summed E-state index contributed by atoms with van der Waals surface area (Å²) in [6.45, 7) is 0. The first-order valence-corrected chi connectivity index (χ1v) is 10.8. The van der Waals surface area contributed by atoms with Crippen molar-refractivity contribution in [3.8, 4) is 11.5 Å². The van der Waals surface area contributed by atoms with E-state index < -0.39 is 0 Å². The Bertz CT molecular complexity index is 1160. The monoisotopic (exact) mass is 480 g/mol. The van der Waals surface area contributed by atoms with Crippen molar-refractivity contribution < 1.29 is 4.74 Å². The SMILES string of the molecule is Clc1ccc(Oc2cccc([C@@H]3C[C@@H](c4ccc(Br)cc4)Nc4ncnn43)c2)cc1. The number of anilines is 1. The van der Waals surface area contributed by atoms with E-state index in [1.807, 2.05) is 41.1 Å². The Balaban J connectivity index is 1.45. The molecule has 2 heterocycles. The molecule has 0 amide bonds. The number of fused-ring (bicyclic) bond motifs is 1. The van der Waals surface area contributed by atoms with Crippen molar-refractivity contribution in [3.05, 3.63) is 99.7 Å². The molecule has 1 aliphatic heterocycles. The van der Waals surface area contributed by atoms with Crippen molar-refractivity contribution in [2.45, 2.75) is 18.5 Å². The van der Waals surface area contributed by atoms with E-state index in [9.17, 15) is 0 Å². The molecule has 0 aliphatic carbocycles. The van der Waals surface area contributed by atoms with E-state index in [-0.39, 0.29) is 12.1 Å². The normalized spacial score (nSPS) is 17.8. The quantitative estimate of drug-likeness (QED) is 0.355. The van der Waals surface area contributed by atoms with Crippen LogP contribution in [0, 0.1) is 0 Å². The highest BCUT2D eigenvalue weighted by Gasteiger charge is 2.30. The largest absolute Gasteiger partial charge is 0.457 e. The van der Waals surface area contributed by atoms with Crippen LogP contribution in [0.3, 0.4) is 0 Å². The number of nitrogens with zero attached hydrogens (tertiary/aromatic N) is 3. The van der Waals surface area contributed by atoms with Crippen molar-refractivity contribution >= 4 is 33.5 Å². The van der Waals surface area contributed by atoms with Gasteiger partial charge in [0.05, 0.1) is 12.1 Å². The van der Waals surface area contributed by atoms with E-state index in [0.717, 1.165) is 33.9 Å². The molecule has 5 nitrogen and oxygen atoms in total. The van der Waals surface area contributed by atoms with Crippen LogP contribution in [0.2, 0.25) is 5.02 Å². The highest BCUT2D eigenvalue weighted by atomic mass is 79.9. The number of halogens is 2. The molecule has 30 heavy (non-hydrogen) atoms. The maximum absolute atomic E-state index is 6.03. The average molecular weight is 482 g/mol. The summed E-state index contributed by atoms with van der Waals surface area (Å²) in [5.41, 5.74) is 2.34. The fourth-order valence-electron chi connectivity index (χ4n) is 3.74. The van der Waals surface area contributed by atoms with Gasteiger partial charge in [-0.2, -0.15) is 10.1 Å². The van der Waals surface area contributed by atoms with E-state index in [0.29, 0.717) is 5.02 Å². The third kappa shape index (κ3) is 3.93. The van der Waals surface area contributed by atoms with Crippen LogP contribution >= 0.6 is 27.5 Å². The number of hydrogen-bond donors (Lipinski definition) is 1. The van der Waals surface area contributed by atoms with Gasteiger partial charge in [-0.15, -0.1) is 0 Å². The summed E-state index contributed by atoms with van der Waals surface area (Å²) < 4.78 is 9.04. The van der Waals surface area contributed by atoms with E-state index in [4.69, 9.17) is 16.3 Å². The summed E-state index contributed by atoms with van der Waals surface area (Å²) >= 11 is 9.48. The van der Waals surface area contributed by atoms with Gasteiger partial charge in [-0.3, -0.25) is 0 Å². The lowest BCUT2D eigenvalue weighted by molar-refractivity contribution is 0.427. The van der Waals surface area contributed by atoms with Gasteiger partial charge in [0.2, 0.25) is 5.95 Å². The molecule has 1 aromatic heterocycles. The van der Waals surface area contributed by atoms with Gasteiger partial charge in [-0.25, -0.2) is 4.68 Å². The summed E-state index contributed by atoms with van der Waals surface area (Å²) in [5.74, 6) is 2.29. The van der Waals surface area contributed by atoms with Crippen LogP contribution in [0.25, 0.3) is 0 Å². The van der Waals surface area contributed by atoms with Crippen molar-refractivity contribution in [2.24, 2.45) is 0 Å². The Morgan fingerprint density at radius 1 is 0.967 bits per heavy atom. The van der Waals surface area contributed by atoms with Crippen LogP contribution in [0.4, 0.5) is 5.95 Å². The van der Waals surface area contributed by atoms with E-state index in [1.54, 1.807) is 6.33 Å². The van der Waals surface area contributed by atoms with Crippen LogP contribution < -0.4 is 10.1 Å². The second-order valence-corrected chi connectivity index (χ2v) is 8.51. The fraction of sp³-hybridized carbons (Fsp3) is 0.130. The molecule has 0 fully saturated rings. The molecule has 0 saturated carbocycles. The summed E-state index contributed by atoms with van der Waals surface area (Å²) in [4.78, 5) is 4.41. The van der Waals surface area contributed by atoms with Crippen LogP contribution in [-0.4, -0.2) is 14.8 Å². The molecule has 2 atom stereocenters. The van der Waals surface area contributed by atoms with Gasteiger partial charge in [0, 0.05) is 9.50 Å². The van der Waals surface area contributed by atoms with Crippen LogP contribution in [-0.2, 0) is 0 Å². The van der Waals surface area contributed by atoms with Gasteiger partial charge < -0.3 is 10.1 Å². The highest BCUT2D eigenvalue weighted by molar-refractivity contribution is 9.10. The molecule has 1 aliphatic rings. The first-order valence-electron chi connectivity index (χ1n) is 9.60. The second-order valence-electron chi connectivity index (χ2n) is 7.16. The molecule has 0 radical (unpaired) electrons. The molecule has 0 bridgehead atoms. The Morgan fingerprint density at radius 3 is 2.57 bits per heavy atom. The fourth-order valence-corrected chi connectivity index (χ4v) is 4.13. The topological polar surface area (TPSA) is 52.0 Å². The Labute approximate surface area is 187 Å². The number of hydrogen-bond acceptors (Lipinski definition) is 4. The zero-order valence-electron chi connectivity index (χ0n) is 15.9. The minimum Gasteiger partial charge on any atom is -0.457 e. The van der Waals surface area contributed by atoms with Gasteiger partial charge >= 0.3 is 0 Å². The van der Waals surface area contributed by atoms with Crippen molar-refractivity contribution in [3.63, 3.8) is 0 Å². The molecule has 0 spiro atoms. The lowest BCUT2D eigenvalue weighted by atomic mass is 9.93. The molecular weight excluding hydrogens is 464 g/mol. The van der Waals surface area contributed by atoms with Gasteiger partial charge in [0.15, 0.2) is 0 Å². The Hall–Kier alpha value is -2.83. The highest BCUT2D eigenvalue weighted by Crippen LogP contribution is 2.38. The molecule has 0 saturated heterocycles. The first kappa shape index (κ1) is 19.2. The van der Waals surface area contributed by atoms with Crippen molar-refractivity contribution in [1.82, 2.24) is 14.8 Å². The van der Waals surface area contributed by atoms with Crippen molar-refractivity contribution in [1.29, 1.82) is 0 Å².